The highest BCUT2D eigenvalue weighted by Gasteiger charge is 2.36. The lowest BCUT2D eigenvalue weighted by atomic mass is 9.94. The Kier molecular flexibility index (Phi) is 9.07. The summed E-state index contributed by atoms with van der Waals surface area (Å²) in [4.78, 5) is 22.8. The number of ether oxygens (including phenoxy) is 1. The summed E-state index contributed by atoms with van der Waals surface area (Å²) in [6.07, 6.45) is -4.02. The highest BCUT2D eigenvalue weighted by molar-refractivity contribution is 7.17. The molecule has 1 saturated heterocycles. The maximum atomic E-state index is 16.3. The first kappa shape index (κ1) is 35.2. The number of hydrogen-bond donors (Lipinski definition) is 2. The molecule has 0 spiro atoms. The van der Waals surface area contributed by atoms with E-state index in [1.54, 1.807) is 13.0 Å². The van der Waals surface area contributed by atoms with Crippen LogP contribution in [0.1, 0.15) is 30.9 Å². The fourth-order valence-electron chi connectivity index (χ4n) is 6.56. The molecule has 9 nitrogen and oxygen atoms in total. The van der Waals surface area contributed by atoms with Gasteiger partial charge in [-0.05, 0) is 44.5 Å². The molecule has 1 amide bonds. The molecule has 0 bridgehead atoms. The molecule has 0 unspecified atom stereocenters. The lowest BCUT2D eigenvalue weighted by Gasteiger charge is -2.21. The molecule has 1 aliphatic rings. The smallest absolute Gasteiger partial charge is 0.401 e. The van der Waals surface area contributed by atoms with Crippen molar-refractivity contribution in [1.29, 1.82) is 0 Å². The van der Waals surface area contributed by atoms with Crippen LogP contribution in [0.25, 0.3) is 54.9 Å². The third-order valence-electron chi connectivity index (χ3n) is 9.09. The fraction of sp³-hybridized carbons (Fsp3) is 0.278. The number of imidazole rings is 1. The highest BCUT2D eigenvalue weighted by Crippen LogP contribution is 2.48. The van der Waals surface area contributed by atoms with E-state index in [4.69, 9.17) is 9.72 Å². The zero-order valence-corrected chi connectivity index (χ0v) is 28.9. The summed E-state index contributed by atoms with van der Waals surface area (Å²) < 4.78 is 95.1. The molecule has 7 rings (SSSR count). The Morgan fingerprint density at radius 2 is 1.92 bits per heavy atom. The predicted octanol–water partition coefficient (Wildman–Crippen LogP) is 8.01. The molecule has 52 heavy (non-hydrogen) atoms. The number of aromatic amines is 1. The van der Waals surface area contributed by atoms with E-state index < -0.39 is 48.2 Å². The van der Waals surface area contributed by atoms with Crippen molar-refractivity contribution in [2.75, 3.05) is 19.6 Å². The number of H-pyrrole nitrogens is 1. The monoisotopic (exact) mass is 739 g/mol. The standard InChI is InChI=1S/C36H31F6N7O2S/c1-5-29(50)43-17(2)24-13-26(47-46-24)34-32(30-22(38)11-20(37)12-28(30)51-21-8-9-49(14-21)16-36(40,41)42)31-23(39)15-52-35(31)33(45-34)19-6-7-27-25(10-19)44-18(3)48(27)4/h5-7,10-13,15,17,21H,1,8-9,14,16H2,2-4H3,(H,43,50)(H,46,47)/t17-,21+/m1/s1. The van der Waals surface area contributed by atoms with Gasteiger partial charge in [0.05, 0.1) is 45.3 Å². The number of nitrogens with zero attached hydrogens (tertiary/aromatic N) is 5. The fourth-order valence-corrected chi connectivity index (χ4v) is 7.49. The van der Waals surface area contributed by atoms with Crippen LogP contribution in [0.15, 0.2) is 54.4 Å². The van der Waals surface area contributed by atoms with Gasteiger partial charge in [0, 0.05) is 54.2 Å². The average molecular weight is 740 g/mol. The van der Waals surface area contributed by atoms with Gasteiger partial charge in [-0.15, -0.1) is 11.3 Å². The van der Waals surface area contributed by atoms with E-state index in [0.29, 0.717) is 33.2 Å². The Labute approximate surface area is 296 Å². The SMILES string of the molecule is C=CC(=O)N[C@H](C)c1cc(-c2nc(-c3ccc4c(c3)nc(C)n4C)c3scc(F)c3c2-c2c(F)cc(F)cc2O[C@H]2CCN(CC(F)(F)F)C2)n[nH]1. The molecule has 0 radical (unpaired) electrons. The van der Waals surface area contributed by atoms with E-state index in [1.165, 1.54) is 5.38 Å². The molecule has 0 aliphatic carbocycles. The number of rotatable bonds is 9. The molecule has 270 valence electrons. The van der Waals surface area contributed by atoms with Crippen molar-refractivity contribution in [3.63, 3.8) is 0 Å². The number of fused-ring (bicyclic) bond motifs is 2. The van der Waals surface area contributed by atoms with Crippen LogP contribution in [0.2, 0.25) is 0 Å². The lowest BCUT2D eigenvalue weighted by Crippen LogP contribution is -2.33. The molecule has 1 aliphatic heterocycles. The van der Waals surface area contributed by atoms with Crippen LogP contribution in [0.4, 0.5) is 26.3 Å². The van der Waals surface area contributed by atoms with Gasteiger partial charge in [0.2, 0.25) is 5.91 Å². The summed E-state index contributed by atoms with van der Waals surface area (Å²) in [5, 5.41) is 11.2. The van der Waals surface area contributed by atoms with E-state index in [9.17, 15) is 22.4 Å². The molecule has 2 N–H and O–H groups in total. The number of amides is 1. The van der Waals surface area contributed by atoms with Gasteiger partial charge in [-0.3, -0.25) is 14.8 Å². The van der Waals surface area contributed by atoms with Crippen LogP contribution in [0.5, 0.6) is 5.75 Å². The minimum absolute atomic E-state index is 0.00215. The molecule has 4 aromatic heterocycles. The predicted molar refractivity (Wildman–Crippen MR) is 185 cm³/mol. The molecule has 5 heterocycles. The van der Waals surface area contributed by atoms with Crippen LogP contribution >= 0.6 is 11.3 Å². The van der Waals surface area contributed by atoms with Gasteiger partial charge < -0.3 is 14.6 Å². The summed E-state index contributed by atoms with van der Waals surface area (Å²) >= 11 is 1.04. The van der Waals surface area contributed by atoms with Crippen molar-refractivity contribution >= 4 is 38.4 Å². The number of hydrogen-bond acceptors (Lipinski definition) is 7. The molecular formula is C36H31F6N7O2S. The van der Waals surface area contributed by atoms with Gasteiger partial charge in [-0.1, -0.05) is 12.6 Å². The number of aryl methyl sites for hydroxylation is 2. The van der Waals surface area contributed by atoms with Gasteiger partial charge >= 0.3 is 6.18 Å². The zero-order chi connectivity index (χ0) is 37.1. The van der Waals surface area contributed by atoms with Crippen molar-refractivity contribution in [3.05, 3.63) is 83.4 Å². The summed E-state index contributed by atoms with van der Waals surface area (Å²) in [5.41, 5.74) is 2.60. The van der Waals surface area contributed by atoms with Crippen LogP contribution in [-0.4, -0.2) is 67.5 Å². The second kappa shape index (κ2) is 13.4. The second-order valence-electron chi connectivity index (χ2n) is 12.7. The third-order valence-corrected chi connectivity index (χ3v) is 10.1. The highest BCUT2D eigenvalue weighted by atomic mass is 32.1. The molecule has 6 aromatic rings. The number of carbonyl (C=O) groups is 1. The average Bonchev–Trinajstić information content (AvgIpc) is 3.88. The van der Waals surface area contributed by atoms with E-state index in [1.807, 2.05) is 36.7 Å². The van der Waals surface area contributed by atoms with Crippen molar-refractivity contribution in [2.45, 2.75) is 38.6 Å². The Hall–Kier alpha value is -5.22. The Balaban J connectivity index is 1.44. The zero-order valence-electron chi connectivity index (χ0n) is 28.0. The van der Waals surface area contributed by atoms with Crippen molar-refractivity contribution in [2.24, 2.45) is 7.05 Å². The van der Waals surface area contributed by atoms with Crippen molar-refractivity contribution < 1.29 is 35.9 Å². The van der Waals surface area contributed by atoms with Crippen molar-refractivity contribution in [3.8, 4) is 39.5 Å². The number of likely N-dealkylation sites (tertiary alicyclic amines) is 1. The summed E-state index contributed by atoms with van der Waals surface area (Å²) in [6, 6.07) is 8.03. The number of nitrogens with one attached hydrogen (secondary N) is 2. The summed E-state index contributed by atoms with van der Waals surface area (Å²) in [6.45, 7) is 5.77. The number of halogens is 6. The Morgan fingerprint density at radius 3 is 2.67 bits per heavy atom. The first-order chi connectivity index (χ1) is 24.7. The number of thiophene rings is 1. The first-order valence-corrected chi connectivity index (χ1v) is 17.1. The van der Waals surface area contributed by atoms with Crippen LogP contribution in [0.3, 0.4) is 0 Å². The molecule has 1 fully saturated rings. The minimum Gasteiger partial charge on any atom is -0.488 e. The number of pyridine rings is 1. The molecule has 16 heteroatoms. The number of benzene rings is 2. The molecule has 2 atom stereocenters. The minimum atomic E-state index is -4.44. The lowest BCUT2D eigenvalue weighted by molar-refractivity contribution is -0.144. The van der Waals surface area contributed by atoms with Gasteiger partial charge in [-0.25, -0.2) is 23.1 Å². The van der Waals surface area contributed by atoms with E-state index in [-0.39, 0.29) is 53.2 Å². The maximum Gasteiger partial charge on any atom is 0.401 e. The molecular weight excluding hydrogens is 708 g/mol. The summed E-state index contributed by atoms with van der Waals surface area (Å²) in [7, 11) is 1.88. The topological polar surface area (TPSA) is 101 Å². The van der Waals surface area contributed by atoms with E-state index in [0.717, 1.165) is 39.7 Å². The quantitative estimate of drug-likeness (QED) is 0.115. The number of carbonyl (C=O) groups excluding carboxylic acids is 1. The third kappa shape index (κ3) is 6.63. The second-order valence-corrected chi connectivity index (χ2v) is 13.6. The van der Waals surface area contributed by atoms with Gasteiger partial charge in [0.1, 0.15) is 46.5 Å². The number of alkyl halides is 3. The van der Waals surface area contributed by atoms with Crippen LogP contribution in [-0.2, 0) is 11.8 Å². The first-order valence-electron chi connectivity index (χ1n) is 16.2. The van der Waals surface area contributed by atoms with Gasteiger partial charge in [-0.2, -0.15) is 18.3 Å². The Bertz CT molecular complexity index is 2360. The largest absolute Gasteiger partial charge is 0.488 e. The van der Waals surface area contributed by atoms with Crippen molar-refractivity contribution in [1.82, 2.24) is 34.9 Å². The van der Waals surface area contributed by atoms with Gasteiger partial charge in [0.25, 0.3) is 0 Å². The Morgan fingerprint density at radius 1 is 1.13 bits per heavy atom. The maximum absolute atomic E-state index is 16.3. The van der Waals surface area contributed by atoms with Crippen LogP contribution < -0.4 is 10.1 Å². The molecule has 2 aromatic carbocycles. The van der Waals surface area contributed by atoms with Gasteiger partial charge in [0.15, 0.2) is 0 Å². The molecule has 0 saturated carbocycles. The van der Waals surface area contributed by atoms with Crippen LogP contribution in [0, 0.1) is 24.4 Å². The van der Waals surface area contributed by atoms with E-state index >= 15 is 8.78 Å². The van der Waals surface area contributed by atoms with E-state index in [2.05, 4.69) is 27.1 Å². The summed E-state index contributed by atoms with van der Waals surface area (Å²) in [5.74, 6) is -2.82. The normalized spacial score (nSPS) is 15.8. The number of aromatic nitrogens is 5.